The van der Waals surface area contributed by atoms with Gasteiger partial charge >= 0.3 is 0 Å². The number of guanidine groups is 1. The number of amides is 2. The summed E-state index contributed by atoms with van der Waals surface area (Å²) in [5, 5.41) is 8.13. The minimum atomic E-state index is -0.832. The van der Waals surface area contributed by atoms with Gasteiger partial charge in [-0.2, -0.15) is 0 Å². The lowest BCUT2D eigenvalue weighted by molar-refractivity contribution is -0.124. The van der Waals surface area contributed by atoms with Crippen LogP contribution < -0.4 is 16.0 Å². The first-order valence-corrected chi connectivity index (χ1v) is 7.36. The topological polar surface area (TPSA) is 82.6 Å². The molecule has 1 aliphatic heterocycles. The Morgan fingerprint density at radius 1 is 1.08 bits per heavy atom. The lowest BCUT2D eigenvalue weighted by Gasteiger charge is -2.21. The van der Waals surface area contributed by atoms with Crippen LogP contribution in [-0.2, 0) is 9.59 Å². The number of nitrogens with one attached hydrogen (secondary N) is 3. The van der Waals surface area contributed by atoms with Crippen LogP contribution in [0.25, 0.3) is 0 Å². The number of hydrogen-bond donors (Lipinski definition) is 3. The Morgan fingerprint density at radius 2 is 1.79 bits per heavy atom. The predicted octanol–water partition coefficient (Wildman–Crippen LogP) is 2.12. The van der Waals surface area contributed by atoms with Crippen LogP contribution in [0, 0.1) is 5.82 Å². The van der Waals surface area contributed by atoms with Crippen LogP contribution in [-0.4, -0.2) is 23.8 Å². The first-order chi connectivity index (χ1) is 11.6. The molecular weight excluding hydrogens is 311 g/mol. The SMILES string of the molecule is O=C1C[C@@H](C(=O)Nc2ccccc2)N=C(Nc2ccc(F)cc2)N1. The summed E-state index contributed by atoms with van der Waals surface area (Å²) in [7, 11) is 0. The number of halogens is 1. The second kappa shape index (κ2) is 6.91. The van der Waals surface area contributed by atoms with E-state index in [0.717, 1.165) is 0 Å². The van der Waals surface area contributed by atoms with Crippen molar-refractivity contribution in [1.82, 2.24) is 5.32 Å². The molecule has 122 valence electrons. The van der Waals surface area contributed by atoms with Gasteiger partial charge in [-0.1, -0.05) is 18.2 Å². The Kier molecular flexibility index (Phi) is 4.51. The monoisotopic (exact) mass is 326 g/mol. The molecule has 24 heavy (non-hydrogen) atoms. The van der Waals surface area contributed by atoms with Gasteiger partial charge in [0.15, 0.2) is 0 Å². The predicted molar refractivity (Wildman–Crippen MR) is 89.1 cm³/mol. The van der Waals surface area contributed by atoms with E-state index in [1.54, 1.807) is 24.3 Å². The molecule has 2 amide bonds. The van der Waals surface area contributed by atoms with Crippen LogP contribution in [0.5, 0.6) is 0 Å². The van der Waals surface area contributed by atoms with Gasteiger partial charge in [0.2, 0.25) is 17.8 Å². The van der Waals surface area contributed by atoms with Gasteiger partial charge in [0, 0.05) is 11.4 Å². The fourth-order valence-corrected chi connectivity index (χ4v) is 2.22. The Hall–Kier alpha value is -3.22. The van der Waals surface area contributed by atoms with Gasteiger partial charge in [-0.25, -0.2) is 9.38 Å². The largest absolute Gasteiger partial charge is 0.326 e. The van der Waals surface area contributed by atoms with Crippen molar-refractivity contribution in [2.24, 2.45) is 4.99 Å². The van der Waals surface area contributed by atoms with Gasteiger partial charge in [-0.05, 0) is 36.4 Å². The number of hydrogen-bond acceptors (Lipinski definition) is 4. The molecule has 1 aliphatic rings. The van der Waals surface area contributed by atoms with E-state index in [-0.39, 0.29) is 30.0 Å². The summed E-state index contributed by atoms with van der Waals surface area (Å²) in [4.78, 5) is 28.3. The normalized spacial score (nSPS) is 16.8. The van der Waals surface area contributed by atoms with Gasteiger partial charge in [0.25, 0.3) is 0 Å². The lowest BCUT2D eigenvalue weighted by atomic mass is 10.1. The molecule has 6 nitrogen and oxygen atoms in total. The average Bonchev–Trinajstić information content (AvgIpc) is 2.57. The molecule has 0 saturated carbocycles. The summed E-state index contributed by atoms with van der Waals surface area (Å²) in [6.45, 7) is 0. The standard InChI is InChI=1S/C17H15FN4O2/c18-11-6-8-13(9-7-11)20-17-21-14(10-15(23)22-17)16(24)19-12-4-2-1-3-5-12/h1-9,14H,10H2,(H,19,24)(H2,20,21,22,23)/t14-/m0/s1. The minimum absolute atomic E-state index is 0.0345. The maximum atomic E-state index is 12.9. The van der Waals surface area contributed by atoms with E-state index in [1.807, 2.05) is 6.07 Å². The highest BCUT2D eigenvalue weighted by atomic mass is 19.1. The van der Waals surface area contributed by atoms with Crippen molar-refractivity contribution >= 4 is 29.1 Å². The Morgan fingerprint density at radius 3 is 2.50 bits per heavy atom. The van der Waals surface area contributed by atoms with Crippen LogP contribution in [0.1, 0.15) is 6.42 Å². The maximum Gasteiger partial charge on any atom is 0.249 e. The van der Waals surface area contributed by atoms with Crippen molar-refractivity contribution in [3.8, 4) is 0 Å². The number of rotatable bonds is 3. The molecule has 3 rings (SSSR count). The molecule has 1 atom stereocenters. The molecule has 2 aromatic carbocycles. The molecular formula is C17H15FN4O2. The highest BCUT2D eigenvalue weighted by Crippen LogP contribution is 2.13. The Balaban J connectivity index is 1.72. The van der Waals surface area contributed by atoms with Gasteiger partial charge in [-0.15, -0.1) is 0 Å². The van der Waals surface area contributed by atoms with Crippen LogP contribution in [0.15, 0.2) is 59.6 Å². The Labute approximate surface area is 137 Å². The van der Waals surface area contributed by atoms with Crippen LogP contribution in [0.2, 0.25) is 0 Å². The van der Waals surface area contributed by atoms with Crippen molar-refractivity contribution in [3.05, 3.63) is 60.4 Å². The zero-order valence-corrected chi connectivity index (χ0v) is 12.6. The summed E-state index contributed by atoms with van der Waals surface area (Å²) in [5.74, 6) is -0.890. The number of benzene rings is 2. The fourth-order valence-electron chi connectivity index (χ4n) is 2.22. The van der Waals surface area contributed by atoms with Crippen molar-refractivity contribution in [2.75, 3.05) is 10.6 Å². The van der Waals surface area contributed by atoms with Gasteiger partial charge in [0.05, 0.1) is 6.42 Å². The smallest absolute Gasteiger partial charge is 0.249 e. The van der Waals surface area contributed by atoms with E-state index < -0.39 is 6.04 Å². The average molecular weight is 326 g/mol. The number of para-hydroxylation sites is 1. The third-order valence-electron chi connectivity index (χ3n) is 3.37. The zero-order valence-electron chi connectivity index (χ0n) is 12.6. The molecule has 0 radical (unpaired) electrons. The second-order valence-corrected chi connectivity index (χ2v) is 5.23. The number of nitrogens with zero attached hydrogens (tertiary/aromatic N) is 1. The van der Waals surface area contributed by atoms with E-state index in [4.69, 9.17) is 0 Å². The van der Waals surface area contributed by atoms with Crippen LogP contribution in [0.3, 0.4) is 0 Å². The van der Waals surface area contributed by atoms with Crippen molar-refractivity contribution < 1.29 is 14.0 Å². The summed E-state index contributed by atoms with van der Waals surface area (Å²) >= 11 is 0. The molecule has 0 unspecified atom stereocenters. The van der Waals surface area contributed by atoms with E-state index in [9.17, 15) is 14.0 Å². The van der Waals surface area contributed by atoms with Gasteiger partial charge < -0.3 is 10.6 Å². The number of carbonyl (C=O) groups excluding carboxylic acids is 2. The highest BCUT2D eigenvalue weighted by Gasteiger charge is 2.27. The van der Waals surface area contributed by atoms with E-state index in [0.29, 0.717) is 11.4 Å². The fraction of sp³-hybridized carbons (Fsp3) is 0.118. The summed E-state index contributed by atoms with van der Waals surface area (Å²) < 4.78 is 12.9. The van der Waals surface area contributed by atoms with E-state index >= 15 is 0 Å². The van der Waals surface area contributed by atoms with E-state index in [2.05, 4.69) is 20.9 Å². The second-order valence-electron chi connectivity index (χ2n) is 5.23. The minimum Gasteiger partial charge on any atom is -0.326 e. The zero-order chi connectivity index (χ0) is 16.9. The summed E-state index contributed by atoms with van der Waals surface area (Å²) in [6.07, 6.45) is -0.0345. The molecule has 3 N–H and O–H groups in total. The molecule has 0 saturated heterocycles. The molecule has 0 spiro atoms. The number of anilines is 2. The molecule has 1 heterocycles. The number of carbonyl (C=O) groups is 2. The van der Waals surface area contributed by atoms with Crippen LogP contribution >= 0.6 is 0 Å². The van der Waals surface area contributed by atoms with Gasteiger partial charge in [-0.3, -0.25) is 14.9 Å². The molecule has 0 bridgehead atoms. The third-order valence-corrected chi connectivity index (χ3v) is 3.37. The molecule has 7 heteroatoms. The quantitative estimate of drug-likeness (QED) is 0.808. The van der Waals surface area contributed by atoms with Crippen molar-refractivity contribution in [2.45, 2.75) is 12.5 Å². The highest BCUT2D eigenvalue weighted by molar-refractivity contribution is 6.09. The first-order valence-electron chi connectivity index (χ1n) is 7.36. The number of aliphatic imine (C=N–C) groups is 1. The van der Waals surface area contributed by atoms with Crippen molar-refractivity contribution in [3.63, 3.8) is 0 Å². The molecule has 2 aromatic rings. The first kappa shape index (κ1) is 15.7. The summed E-state index contributed by atoms with van der Waals surface area (Å²) in [6, 6.07) is 13.7. The summed E-state index contributed by atoms with van der Waals surface area (Å²) in [5.41, 5.74) is 1.19. The van der Waals surface area contributed by atoms with Gasteiger partial charge in [0.1, 0.15) is 11.9 Å². The maximum absolute atomic E-state index is 12.9. The van der Waals surface area contributed by atoms with E-state index in [1.165, 1.54) is 24.3 Å². The molecule has 0 aromatic heterocycles. The third kappa shape index (κ3) is 3.95. The van der Waals surface area contributed by atoms with Crippen molar-refractivity contribution in [1.29, 1.82) is 0 Å². The molecule has 0 aliphatic carbocycles. The lowest BCUT2D eigenvalue weighted by Crippen LogP contribution is -2.45. The van der Waals surface area contributed by atoms with Crippen LogP contribution in [0.4, 0.5) is 15.8 Å². The Bertz CT molecular complexity index is 775. The molecule has 0 fully saturated rings.